The van der Waals surface area contributed by atoms with Gasteiger partial charge in [0.05, 0.1) is 28.5 Å². The van der Waals surface area contributed by atoms with Gasteiger partial charge >= 0.3 is 11.7 Å². The Morgan fingerprint density at radius 1 is 0.716 bits per heavy atom. The third-order valence-electron chi connectivity index (χ3n) is 16.8. The largest absolute Gasteiger partial charge is 0.480 e. The van der Waals surface area contributed by atoms with Gasteiger partial charge in [-0.25, -0.2) is 4.79 Å². The molecule has 5 amide bonds. The monoisotopic (exact) mass is 1320 g/mol. The number of fused-ring (bicyclic) bond motifs is 9. The van der Waals surface area contributed by atoms with Crippen LogP contribution in [-0.2, 0) is 46.3 Å². The average Bonchev–Trinajstić information content (AvgIpc) is 0.774. The summed E-state index contributed by atoms with van der Waals surface area (Å²) in [4.78, 5) is 110. The number of aliphatic hydroxyl groups excluding tert-OH is 3. The summed E-state index contributed by atoms with van der Waals surface area (Å²) in [6.07, 6.45) is 9.03. The van der Waals surface area contributed by atoms with Crippen molar-refractivity contribution in [2.45, 2.75) is 236 Å². The lowest BCUT2D eigenvalue weighted by Gasteiger charge is -2.42. The average molecular weight is 1330 g/mol. The standard InChI is InChI=1S/C69H96N8O18/c1-5-7-9-11-13-15-17-19-24-28-57(79)73-60(68(86)87)59-46-40-54(92-48-33-31-47(32-34-48)76(88)89)64(95-69-61(63(82)62(81)56(42-78)94-69)74-58(80)29-25-20-18-16-14-12-10-8-6-2)55(41-46)93-53-35-30-45(39-52(53)77(90)91)38-51(71-65(83)49(70)36-43(3)4)66(84)72-50(67(85)75-59)37-44-26-22-21-23-27-44/h21-23,26-27,30-35,39-41,43,49-51,56,59-63,69,78,81-82H,5-20,24-25,28-29,36-38,42,70H2,1-4H3,(H,71,83)(H,72,84)(H,73,79)(H,74,80)(H,75,85)(H,86,87)/t49-,50-,51+,56-,59-,60-,61-,62-,63-,69+/m1/s1. The van der Waals surface area contributed by atoms with Gasteiger partial charge in [0.2, 0.25) is 47.3 Å². The van der Waals surface area contributed by atoms with E-state index in [0.717, 1.165) is 120 Å². The van der Waals surface area contributed by atoms with Gasteiger partial charge in [0, 0.05) is 43.9 Å². The Labute approximate surface area is 554 Å². The molecule has 4 bridgehead atoms. The van der Waals surface area contributed by atoms with Crippen LogP contribution < -0.4 is 46.5 Å². The van der Waals surface area contributed by atoms with Crippen molar-refractivity contribution in [1.82, 2.24) is 26.6 Å². The van der Waals surface area contributed by atoms with E-state index < -0.39 is 148 Å². The highest BCUT2D eigenvalue weighted by molar-refractivity contribution is 5.94. The van der Waals surface area contributed by atoms with E-state index in [0.29, 0.717) is 31.2 Å². The number of nitrogens with zero attached hydrogens (tertiary/aromatic N) is 2. The van der Waals surface area contributed by atoms with Gasteiger partial charge in [-0.3, -0.25) is 44.2 Å². The zero-order valence-electron chi connectivity index (χ0n) is 54.9. The molecule has 4 aromatic carbocycles. The van der Waals surface area contributed by atoms with Crippen LogP contribution in [0.15, 0.2) is 84.9 Å². The normalized spacial score (nSPS) is 20.3. The summed E-state index contributed by atoms with van der Waals surface area (Å²) >= 11 is 0. The van der Waals surface area contributed by atoms with Gasteiger partial charge in [0.15, 0.2) is 17.5 Å². The molecule has 7 rings (SSSR count). The first-order chi connectivity index (χ1) is 45.6. The molecule has 10 atom stereocenters. The van der Waals surface area contributed by atoms with Crippen molar-refractivity contribution in [2.75, 3.05) is 6.61 Å². The molecule has 3 heterocycles. The minimum atomic E-state index is -2.08. The number of ether oxygens (including phenoxy) is 4. The van der Waals surface area contributed by atoms with Crippen LogP contribution in [0.3, 0.4) is 0 Å². The summed E-state index contributed by atoms with van der Waals surface area (Å²) in [6.45, 7) is 7.07. The fraction of sp³-hybridized carbons (Fsp3) is 0.565. The molecule has 26 heteroatoms. The van der Waals surface area contributed by atoms with Crippen LogP contribution in [-0.4, -0.2) is 127 Å². The molecule has 0 saturated carbocycles. The van der Waals surface area contributed by atoms with E-state index in [1.54, 1.807) is 30.3 Å². The van der Waals surface area contributed by atoms with Crippen molar-refractivity contribution >= 4 is 46.9 Å². The van der Waals surface area contributed by atoms with Crippen LogP contribution in [0.4, 0.5) is 11.4 Å². The van der Waals surface area contributed by atoms with Crippen molar-refractivity contribution in [3.8, 4) is 28.7 Å². The Morgan fingerprint density at radius 3 is 1.88 bits per heavy atom. The lowest BCUT2D eigenvalue weighted by Crippen LogP contribution is -2.65. The smallest absolute Gasteiger partial charge is 0.328 e. The van der Waals surface area contributed by atoms with Gasteiger partial charge in [-0.1, -0.05) is 167 Å². The van der Waals surface area contributed by atoms with Crippen LogP contribution in [0, 0.1) is 26.1 Å². The maximum atomic E-state index is 15.4. The van der Waals surface area contributed by atoms with Crippen LogP contribution in [0.5, 0.6) is 28.7 Å². The summed E-state index contributed by atoms with van der Waals surface area (Å²) in [5, 5.41) is 83.6. The molecule has 0 radical (unpaired) electrons. The summed E-state index contributed by atoms with van der Waals surface area (Å²) in [6, 6.07) is 9.02. The van der Waals surface area contributed by atoms with E-state index in [-0.39, 0.29) is 54.2 Å². The fourth-order valence-electron chi connectivity index (χ4n) is 11.6. The van der Waals surface area contributed by atoms with Gasteiger partial charge in [-0.15, -0.1) is 0 Å². The number of nitro benzene ring substituents is 2. The number of hydrogen-bond acceptors (Lipinski definition) is 18. The number of unbranched alkanes of at least 4 members (excludes halogenated alkanes) is 16. The SMILES string of the molecule is CCCCCCCCCCCC(=O)N[C@H]1[C@H](Oc2c(Oc3ccc([N+](=O)[O-])cc3)cc3cc2Oc2ccc(cc2[N+](=O)[O-])C[C@H](NC(=O)[C@H](N)CC(C)C)C(=O)N[C@H](Cc2ccccc2)C(=O)N[C@H]3[C@@H](NC(=O)CCCCCCCCCCC)C(=O)O)O[C@H](CO)[C@@H](O)[C@@H]1O. The number of carbonyl (C=O) groups excluding carboxylic acids is 5. The lowest BCUT2D eigenvalue weighted by atomic mass is 9.95. The molecule has 11 N–H and O–H groups in total. The quantitative estimate of drug-likeness (QED) is 0.0114. The predicted molar refractivity (Wildman–Crippen MR) is 352 cm³/mol. The number of non-ortho nitro benzene ring substituents is 1. The van der Waals surface area contributed by atoms with Crippen molar-refractivity contribution in [3.05, 3.63) is 122 Å². The molecule has 95 heavy (non-hydrogen) atoms. The number of carbonyl (C=O) groups is 6. The number of rotatable bonds is 37. The summed E-state index contributed by atoms with van der Waals surface area (Å²) in [5.74, 6) is -8.07. The number of carboxylic acids is 1. The Hall–Kier alpha value is -8.30. The molecule has 0 aliphatic carbocycles. The first-order valence-corrected chi connectivity index (χ1v) is 33.5. The van der Waals surface area contributed by atoms with Gasteiger partial charge in [-0.05, 0) is 72.2 Å². The van der Waals surface area contributed by atoms with Crippen LogP contribution >= 0.6 is 0 Å². The summed E-state index contributed by atoms with van der Waals surface area (Å²) < 4.78 is 25.8. The first-order valence-electron chi connectivity index (χ1n) is 33.5. The highest BCUT2D eigenvalue weighted by Gasteiger charge is 2.47. The molecule has 3 aliphatic heterocycles. The van der Waals surface area contributed by atoms with Crippen LogP contribution in [0.25, 0.3) is 0 Å². The van der Waals surface area contributed by atoms with E-state index in [4.69, 9.17) is 24.7 Å². The van der Waals surface area contributed by atoms with Crippen LogP contribution in [0.1, 0.15) is 185 Å². The maximum absolute atomic E-state index is 15.4. The molecule has 26 nitrogen and oxygen atoms in total. The number of aliphatic hydroxyl groups is 3. The zero-order valence-corrected chi connectivity index (χ0v) is 54.9. The second kappa shape index (κ2) is 38.9. The molecule has 1 fully saturated rings. The number of nitro groups is 2. The van der Waals surface area contributed by atoms with Gasteiger partial charge in [-0.2, -0.15) is 0 Å². The van der Waals surface area contributed by atoms with Crippen molar-refractivity contribution < 1.29 is 78.0 Å². The molecule has 4 aromatic rings. The van der Waals surface area contributed by atoms with Gasteiger partial charge in [0.1, 0.15) is 42.2 Å². The molecular weight excluding hydrogens is 1230 g/mol. The van der Waals surface area contributed by atoms with Gasteiger partial charge < -0.3 is 71.7 Å². The van der Waals surface area contributed by atoms with E-state index in [9.17, 15) is 64.6 Å². The zero-order chi connectivity index (χ0) is 69.0. The Kier molecular flexibility index (Phi) is 31.0. The number of benzene rings is 4. The predicted octanol–water partition coefficient (Wildman–Crippen LogP) is 9.10. The molecule has 0 spiro atoms. The molecule has 3 aliphatic rings. The molecule has 1 saturated heterocycles. The van der Waals surface area contributed by atoms with E-state index in [1.165, 1.54) is 24.3 Å². The van der Waals surface area contributed by atoms with Crippen molar-refractivity contribution in [3.63, 3.8) is 0 Å². The molecular formula is C69H96N8O18. The topological polar surface area (TPSA) is 393 Å². The van der Waals surface area contributed by atoms with E-state index in [1.807, 2.05) is 13.8 Å². The second-order valence-corrected chi connectivity index (χ2v) is 25.1. The second-order valence-electron chi connectivity index (χ2n) is 25.1. The number of nitrogens with two attached hydrogens (primary N) is 1. The van der Waals surface area contributed by atoms with Gasteiger partial charge in [0.25, 0.3) is 5.69 Å². The Bertz CT molecular complexity index is 3160. The Balaban J connectivity index is 1.57. The maximum Gasteiger partial charge on any atom is 0.328 e. The van der Waals surface area contributed by atoms with E-state index in [2.05, 4.69) is 40.4 Å². The number of amides is 5. The third kappa shape index (κ3) is 23.8. The number of carboxylic acid groups (broad SMARTS) is 1. The molecule has 0 unspecified atom stereocenters. The minimum absolute atomic E-state index is 0.0230. The number of hydrogen-bond donors (Lipinski definition) is 10. The molecule has 520 valence electrons. The van der Waals surface area contributed by atoms with Crippen molar-refractivity contribution in [1.29, 1.82) is 0 Å². The molecule has 0 aromatic heterocycles. The lowest BCUT2D eigenvalue weighted by molar-refractivity contribution is -0.385. The summed E-state index contributed by atoms with van der Waals surface area (Å²) in [5.41, 5.74) is 5.56. The summed E-state index contributed by atoms with van der Waals surface area (Å²) in [7, 11) is 0. The number of aliphatic carboxylic acids is 1. The minimum Gasteiger partial charge on any atom is -0.480 e. The highest BCUT2D eigenvalue weighted by Crippen LogP contribution is 2.48. The third-order valence-corrected chi connectivity index (χ3v) is 16.8. The van der Waals surface area contributed by atoms with E-state index >= 15 is 4.79 Å². The van der Waals surface area contributed by atoms with Crippen molar-refractivity contribution in [2.24, 2.45) is 11.7 Å². The number of nitrogens with one attached hydrogen (secondary N) is 5. The highest BCUT2D eigenvalue weighted by atomic mass is 16.7. The first kappa shape index (κ1) is 75.7. The fourth-order valence-corrected chi connectivity index (χ4v) is 11.6. The van der Waals surface area contributed by atoms with Crippen LogP contribution in [0.2, 0.25) is 0 Å². The Morgan fingerprint density at radius 2 is 1.32 bits per heavy atom.